The summed E-state index contributed by atoms with van der Waals surface area (Å²) in [5.41, 5.74) is 6.14. The van der Waals surface area contributed by atoms with Crippen LogP contribution in [0.4, 0.5) is 5.69 Å². The highest BCUT2D eigenvalue weighted by Gasteiger charge is 2.80. The first-order valence-electron chi connectivity index (χ1n) is 17.2. The molecule has 0 unspecified atom stereocenters. The molecule has 0 amide bonds. The van der Waals surface area contributed by atoms with Crippen LogP contribution in [-0.2, 0) is 27.9 Å². The van der Waals surface area contributed by atoms with Gasteiger partial charge in [-0.25, -0.2) is 0 Å². The fourth-order valence-electron chi connectivity index (χ4n) is 10.8. The molecule has 1 N–H and O–H groups in total. The minimum absolute atomic E-state index is 0.0409. The van der Waals surface area contributed by atoms with Gasteiger partial charge in [0.1, 0.15) is 17.5 Å². The fourth-order valence-corrected chi connectivity index (χ4v) is 10.8. The van der Waals surface area contributed by atoms with Crippen molar-refractivity contribution in [2.24, 2.45) is 11.3 Å². The zero-order chi connectivity index (χ0) is 31.3. The van der Waals surface area contributed by atoms with Crippen LogP contribution >= 0.6 is 0 Å². The zero-order valence-electron chi connectivity index (χ0n) is 27.1. The van der Waals surface area contributed by atoms with Gasteiger partial charge >= 0.3 is 5.97 Å². The number of carbonyl (C=O) groups is 1. The van der Waals surface area contributed by atoms with Crippen molar-refractivity contribution in [3.05, 3.63) is 82.9 Å². The van der Waals surface area contributed by atoms with Gasteiger partial charge in [0.25, 0.3) is 0 Å². The number of nitrogens with zero attached hydrogens (tertiary/aromatic N) is 1. The zero-order valence-corrected chi connectivity index (χ0v) is 27.1. The number of carbonyl (C=O) groups excluding carboxylic acids is 1. The minimum atomic E-state index is -0.422. The van der Waals surface area contributed by atoms with Gasteiger partial charge in [-0.1, -0.05) is 30.3 Å². The maximum absolute atomic E-state index is 11.3. The molecule has 2 spiro atoms. The number of esters is 1. The molecule has 1 saturated heterocycles. The molecule has 5 fully saturated rings. The van der Waals surface area contributed by atoms with Crippen LogP contribution < -0.4 is 19.5 Å². The number of fused-ring (bicyclic) bond motifs is 2. The summed E-state index contributed by atoms with van der Waals surface area (Å²) in [5.74, 6) is 3.21. The number of methoxy groups -OCH3 is 2. The molecule has 46 heavy (non-hydrogen) atoms. The van der Waals surface area contributed by atoms with E-state index < -0.39 is 5.60 Å². The Balaban J connectivity index is 1.09. The highest BCUT2D eigenvalue weighted by atomic mass is 16.6. The summed E-state index contributed by atoms with van der Waals surface area (Å²) in [6.07, 6.45) is 8.26. The molecule has 7 aliphatic rings. The summed E-state index contributed by atoms with van der Waals surface area (Å²) < 4.78 is 25.2. The molecule has 2 heterocycles. The Kier molecular flexibility index (Phi) is 6.37. The molecule has 4 saturated carbocycles. The first kappa shape index (κ1) is 28.7. The number of piperidine rings is 1. The van der Waals surface area contributed by atoms with Crippen LogP contribution in [0.5, 0.6) is 17.2 Å². The number of nitrogens with one attached hydrogen (secondary N) is 1. The molecule has 10 rings (SSSR count). The summed E-state index contributed by atoms with van der Waals surface area (Å²) in [7, 11) is 3.70. The Hall–Kier alpha value is -3.55. The van der Waals surface area contributed by atoms with Crippen LogP contribution in [0, 0.1) is 11.3 Å². The second-order valence-electron chi connectivity index (χ2n) is 14.8. The normalized spacial score (nSPS) is 33.2. The number of benzene rings is 3. The van der Waals surface area contributed by atoms with Gasteiger partial charge in [0, 0.05) is 61.2 Å². The Morgan fingerprint density at radius 3 is 2.65 bits per heavy atom. The summed E-state index contributed by atoms with van der Waals surface area (Å²) in [4.78, 5) is 14.2. The van der Waals surface area contributed by atoms with Crippen LogP contribution in [0.1, 0.15) is 73.6 Å². The smallest absolute Gasteiger partial charge is 0.308 e. The minimum Gasteiger partial charge on any atom is -0.493 e. The molecule has 7 nitrogen and oxygen atoms in total. The number of ether oxygens (including phenoxy) is 4. The molecule has 5 aliphatic carbocycles. The quantitative estimate of drug-likeness (QED) is 0.213. The van der Waals surface area contributed by atoms with Gasteiger partial charge in [0.15, 0.2) is 11.5 Å². The molecular formula is C39H44N2O5. The van der Waals surface area contributed by atoms with Crippen molar-refractivity contribution in [3.63, 3.8) is 0 Å². The van der Waals surface area contributed by atoms with E-state index in [-0.39, 0.29) is 28.8 Å². The van der Waals surface area contributed by atoms with Crippen molar-refractivity contribution in [1.82, 2.24) is 4.90 Å². The highest BCUT2D eigenvalue weighted by Crippen LogP contribution is 2.78. The fraction of sp³-hybridized carbons (Fsp3) is 0.513. The van der Waals surface area contributed by atoms with E-state index in [1.54, 1.807) is 7.11 Å². The first-order chi connectivity index (χ1) is 22.4. The van der Waals surface area contributed by atoms with Gasteiger partial charge in [-0.15, -0.1) is 0 Å². The lowest BCUT2D eigenvalue weighted by atomic mass is 9.34. The van der Waals surface area contributed by atoms with Crippen molar-refractivity contribution in [1.29, 1.82) is 0 Å². The topological polar surface area (TPSA) is 69.3 Å². The number of rotatable bonds is 9. The SMILES string of the molecule is COc1ccc2c3c1O[C@H]1[C@@]4(OC)CC[C@@]5(C[C@@H]4c4cccc(NCc6ccc(OC(C)=O)cc6)c4)[C@@H](C2)N(CC2CC2)CC[C@]315. The van der Waals surface area contributed by atoms with Gasteiger partial charge in [0.2, 0.25) is 0 Å². The summed E-state index contributed by atoms with van der Waals surface area (Å²) in [6.45, 7) is 4.49. The van der Waals surface area contributed by atoms with Crippen LogP contribution in [-0.4, -0.2) is 55.9 Å². The lowest BCUT2D eigenvalue weighted by Crippen LogP contribution is -2.80. The van der Waals surface area contributed by atoms with Gasteiger partial charge in [-0.2, -0.15) is 0 Å². The summed E-state index contributed by atoms with van der Waals surface area (Å²) >= 11 is 0. The molecule has 3 aromatic rings. The van der Waals surface area contributed by atoms with Crippen molar-refractivity contribution in [3.8, 4) is 17.2 Å². The van der Waals surface area contributed by atoms with Crippen LogP contribution in [0.15, 0.2) is 60.7 Å². The molecule has 3 aromatic carbocycles. The van der Waals surface area contributed by atoms with E-state index in [0.717, 1.165) is 60.9 Å². The Bertz CT molecular complexity index is 1700. The highest BCUT2D eigenvalue weighted by molar-refractivity contribution is 5.69. The Morgan fingerprint density at radius 2 is 1.89 bits per heavy atom. The predicted octanol–water partition coefficient (Wildman–Crippen LogP) is 6.62. The maximum Gasteiger partial charge on any atom is 0.308 e. The predicted molar refractivity (Wildman–Crippen MR) is 176 cm³/mol. The second-order valence-corrected chi connectivity index (χ2v) is 14.8. The van der Waals surface area contributed by atoms with Crippen molar-refractivity contribution < 1.29 is 23.7 Å². The van der Waals surface area contributed by atoms with Crippen LogP contribution in [0.25, 0.3) is 0 Å². The molecular weight excluding hydrogens is 576 g/mol. The molecule has 0 aromatic heterocycles. The van der Waals surface area contributed by atoms with E-state index >= 15 is 0 Å². The van der Waals surface area contributed by atoms with E-state index in [4.69, 9.17) is 18.9 Å². The van der Waals surface area contributed by atoms with Gasteiger partial charge in [0.05, 0.1) is 7.11 Å². The molecule has 6 atom stereocenters. The average molecular weight is 621 g/mol. The van der Waals surface area contributed by atoms with E-state index in [9.17, 15) is 4.79 Å². The third-order valence-electron chi connectivity index (χ3n) is 12.8. The monoisotopic (exact) mass is 620 g/mol. The maximum atomic E-state index is 11.3. The molecule has 7 heteroatoms. The molecule has 240 valence electrons. The standard InChI is InChI=1S/C39H44N2O5/c1-24(42)45-30-12-9-25(10-13-30)22-40-29-6-4-5-27(19-29)31-21-37-15-16-39(31,44-3)36-38(37)17-18-41(23-26-7-8-26)33(37)20-28-11-14-32(43-2)35(46-36)34(28)38/h4-6,9-14,19,26,31,33,36,40H,7-8,15-18,20-23H2,1-3H3/t31-,33-,36-,37-,38+,39-/m1/s1. The largest absolute Gasteiger partial charge is 0.493 e. The van der Waals surface area contributed by atoms with Gasteiger partial charge < -0.3 is 24.3 Å². The Labute approximate surface area is 271 Å². The van der Waals surface area contributed by atoms with Gasteiger partial charge in [-0.3, -0.25) is 9.69 Å². The molecule has 0 radical (unpaired) electrons. The third kappa shape index (κ3) is 3.88. The van der Waals surface area contributed by atoms with E-state index in [1.807, 2.05) is 31.4 Å². The molecule has 2 aliphatic heterocycles. The van der Waals surface area contributed by atoms with Gasteiger partial charge in [-0.05, 0) is 104 Å². The number of anilines is 1. The first-order valence-corrected chi connectivity index (χ1v) is 17.2. The summed E-state index contributed by atoms with van der Waals surface area (Å²) in [5, 5.41) is 3.65. The number of likely N-dealkylation sites (tertiary alicyclic amines) is 1. The van der Waals surface area contributed by atoms with Crippen LogP contribution in [0.3, 0.4) is 0 Å². The number of hydrogen-bond donors (Lipinski definition) is 1. The number of hydrogen-bond acceptors (Lipinski definition) is 7. The van der Waals surface area contributed by atoms with E-state index in [0.29, 0.717) is 18.3 Å². The van der Waals surface area contributed by atoms with Crippen molar-refractivity contribution in [2.45, 2.75) is 87.5 Å². The third-order valence-corrected chi connectivity index (χ3v) is 12.8. The lowest BCUT2D eigenvalue weighted by Gasteiger charge is -2.74. The average Bonchev–Trinajstić information content (AvgIpc) is 3.82. The molecule has 4 bridgehead atoms. The van der Waals surface area contributed by atoms with E-state index in [1.165, 1.54) is 49.4 Å². The Morgan fingerprint density at radius 1 is 1.04 bits per heavy atom. The lowest BCUT2D eigenvalue weighted by molar-refractivity contribution is -0.261. The second kappa shape index (κ2) is 10.2. The van der Waals surface area contributed by atoms with E-state index in [2.05, 4.69) is 46.6 Å². The van der Waals surface area contributed by atoms with Crippen molar-refractivity contribution >= 4 is 11.7 Å². The van der Waals surface area contributed by atoms with Crippen molar-refractivity contribution in [2.75, 3.05) is 32.6 Å². The van der Waals surface area contributed by atoms with Crippen LogP contribution in [0.2, 0.25) is 0 Å². The summed E-state index contributed by atoms with van der Waals surface area (Å²) in [6, 6.07) is 21.7.